The van der Waals surface area contributed by atoms with Crippen LogP contribution in [0, 0.1) is 0 Å². The molecule has 0 bridgehead atoms. The summed E-state index contributed by atoms with van der Waals surface area (Å²) in [6.45, 7) is 7.48. The average Bonchev–Trinajstić information content (AvgIpc) is 2.25. The van der Waals surface area contributed by atoms with Gasteiger partial charge in [-0.1, -0.05) is 13.3 Å². The lowest BCUT2D eigenvalue weighted by atomic mass is 10.2. The first-order chi connectivity index (χ1) is 8.35. The monoisotopic (exact) mass is 260 g/mol. The average molecular weight is 260 g/mol. The standard InChI is InChI=1S/C12H20O6/c1-5-6-9-15-10(13)7-8-11(14)16-18-17-12(2,3)4/h7-8H,5-6,9H2,1-4H3. The molecule has 0 saturated heterocycles. The fourth-order valence-corrected chi connectivity index (χ4v) is 0.682. The van der Waals surface area contributed by atoms with Crippen molar-refractivity contribution in [3.05, 3.63) is 12.2 Å². The van der Waals surface area contributed by atoms with Crippen molar-refractivity contribution in [3.63, 3.8) is 0 Å². The molecule has 0 aromatic heterocycles. The molecule has 6 heteroatoms. The number of carbonyl (C=O) groups is 2. The van der Waals surface area contributed by atoms with E-state index in [9.17, 15) is 9.59 Å². The smallest absolute Gasteiger partial charge is 0.369 e. The molecular formula is C12H20O6. The number of ether oxygens (including phenoxy) is 1. The van der Waals surface area contributed by atoms with E-state index < -0.39 is 17.5 Å². The van der Waals surface area contributed by atoms with Crippen molar-refractivity contribution < 1.29 is 29.1 Å². The van der Waals surface area contributed by atoms with Crippen LogP contribution in [0.25, 0.3) is 0 Å². The van der Waals surface area contributed by atoms with Gasteiger partial charge in [-0.2, -0.15) is 4.89 Å². The van der Waals surface area contributed by atoms with Gasteiger partial charge in [-0.25, -0.2) is 9.59 Å². The zero-order valence-corrected chi connectivity index (χ0v) is 11.2. The Kier molecular flexibility index (Phi) is 7.98. The fraction of sp³-hybridized carbons (Fsp3) is 0.667. The topological polar surface area (TPSA) is 71.1 Å². The number of hydrogen-bond donors (Lipinski definition) is 0. The van der Waals surface area contributed by atoms with Crippen molar-refractivity contribution in [1.29, 1.82) is 0 Å². The molecule has 0 rings (SSSR count). The van der Waals surface area contributed by atoms with Crippen molar-refractivity contribution in [2.24, 2.45) is 0 Å². The second kappa shape index (κ2) is 8.66. The van der Waals surface area contributed by atoms with Crippen LogP contribution in [-0.4, -0.2) is 24.1 Å². The lowest BCUT2D eigenvalue weighted by Gasteiger charge is -2.14. The largest absolute Gasteiger partial charge is 0.463 e. The van der Waals surface area contributed by atoms with Crippen LogP contribution in [0.2, 0.25) is 0 Å². The van der Waals surface area contributed by atoms with Gasteiger partial charge in [-0.3, -0.25) is 4.89 Å². The maximum Gasteiger partial charge on any atom is 0.369 e. The quantitative estimate of drug-likeness (QED) is 0.229. The van der Waals surface area contributed by atoms with Crippen LogP contribution < -0.4 is 0 Å². The van der Waals surface area contributed by atoms with Crippen LogP contribution in [0.3, 0.4) is 0 Å². The van der Waals surface area contributed by atoms with E-state index in [2.05, 4.69) is 9.93 Å². The van der Waals surface area contributed by atoms with Crippen molar-refractivity contribution >= 4 is 11.9 Å². The molecule has 0 aliphatic carbocycles. The van der Waals surface area contributed by atoms with Crippen molar-refractivity contribution in [2.45, 2.75) is 46.1 Å². The predicted octanol–water partition coefficient (Wildman–Crippen LogP) is 2.09. The summed E-state index contributed by atoms with van der Waals surface area (Å²) in [4.78, 5) is 31.0. The minimum absolute atomic E-state index is 0.332. The van der Waals surface area contributed by atoms with E-state index >= 15 is 0 Å². The van der Waals surface area contributed by atoms with Crippen LogP contribution in [0.5, 0.6) is 0 Å². The predicted molar refractivity (Wildman–Crippen MR) is 63.0 cm³/mol. The van der Waals surface area contributed by atoms with Crippen LogP contribution in [0.1, 0.15) is 40.5 Å². The van der Waals surface area contributed by atoms with Gasteiger partial charge < -0.3 is 4.74 Å². The molecule has 0 fully saturated rings. The van der Waals surface area contributed by atoms with E-state index in [1.165, 1.54) is 0 Å². The van der Waals surface area contributed by atoms with Crippen LogP contribution >= 0.6 is 0 Å². The summed E-state index contributed by atoms with van der Waals surface area (Å²) in [7, 11) is 0. The summed E-state index contributed by atoms with van der Waals surface area (Å²) in [5.41, 5.74) is -0.594. The van der Waals surface area contributed by atoms with E-state index in [1.807, 2.05) is 6.92 Å². The molecule has 104 valence electrons. The highest BCUT2D eigenvalue weighted by Crippen LogP contribution is 2.07. The highest BCUT2D eigenvalue weighted by Gasteiger charge is 2.13. The van der Waals surface area contributed by atoms with E-state index in [0.717, 1.165) is 25.0 Å². The lowest BCUT2D eigenvalue weighted by Crippen LogP contribution is -2.20. The maximum atomic E-state index is 11.1. The Hall–Kier alpha value is -1.40. The molecule has 0 unspecified atom stereocenters. The second-order valence-electron chi connectivity index (χ2n) is 4.52. The van der Waals surface area contributed by atoms with Gasteiger partial charge >= 0.3 is 11.9 Å². The molecule has 6 nitrogen and oxygen atoms in total. The molecule has 0 N–H and O–H groups in total. The Morgan fingerprint density at radius 2 is 1.72 bits per heavy atom. The third-order valence-corrected chi connectivity index (χ3v) is 1.50. The van der Waals surface area contributed by atoms with Crippen molar-refractivity contribution in [1.82, 2.24) is 0 Å². The zero-order chi connectivity index (χ0) is 14.0. The molecule has 0 atom stereocenters. The Balaban J connectivity index is 3.76. The minimum Gasteiger partial charge on any atom is -0.463 e. The van der Waals surface area contributed by atoms with Crippen molar-refractivity contribution in [3.8, 4) is 0 Å². The third kappa shape index (κ3) is 11.1. The first kappa shape index (κ1) is 16.6. The van der Waals surface area contributed by atoms with Gasteiger partial charge in [0.25, 0.3) is 0 Å². The van der Waals surface area contributed by atoms with Crippen molar-refractivity contribution in [2.75, 3.05) is 6.61 Å². The highest BCUT2D eigenvalue weighted by molar-refractivity contribution is 5.91. The Morgan fingerprint density at radius 3 is 2.28 bits per heavy atom. The van der Waals surface area contributed by atoms with Crippen LogP contribution in [-0.2, 0) is 29.1 Å². The molecule has 0 aromatic rings. The number of esters is 1. The van der Waals surface area contributed by atoms with Gasteiger partial charge in [-0.05, 0) is 32.2 Å². The first-order valence-electron chi connectivity index (χ1n) is 5.76. The molecule has 0 aliphatic rings. The SMILES string of the molecule is CCCCOC(=O)C=CC(=O)OOOC(C)(C)C. The minimum atomic E-state index is -0.855. The van der Waals surface area contributed by atoms with Gasteiger partial charge in [0.2, 0.25) is 0 Å². The molecule has 18 heavy (non-hydrogen) atoms. The summed E-state index contributed by atoms with van der Waals surface area (Å²) in [5.74, 6) is -1.45. The highest BCUT2D eigenvalue weighted by atomic mass is 17.5. The van der Waals surface area contributed by atoms with E-state index in [0.29, 0.717) is 6.61 Å². The summed E-state index contributed by atoms with van der Waals surface area (Å²) in [5, 5.41) is 4.24. The Labute approximate surface area is 107 Å². The van der Waals surface area contributed by atoms with E-state index in [-0.39, 0.29) is 0 Å². The van der Waals surface area contributed by atoms with Gasteiger partial charge in [0, 0.05) is 12.2 Å². The Morgan fingerprint density at radius 1 is 1.11 bits per heavy atom. The summed E-state index contributed by atoms with van der Waals surface area (Å²) >= 11 is 0. The number of carbonyl (C=O) groups excluding carboxylic acids is 2. The number of unbranched alkanes of at least 4 members (excludes halogenated alkanes) is 1. The molecular weight excluding hydrogens is 240 g/mol. The van der Waals surface area contributed by atoms with Gasteiger partial charge in [0.05, 0.1) is 12.2 Å². The summed E-state index contributed by atoms with van der Waals surface area (Å²) in [6, 6.07) is 0. The normalized spacial score (nSPS) is 11.6. The summed E-state index contributed by atoms with van der Waals surface area (Å²) < 4.78 is 4.79. The van der Waals surface area contributed by atoms with Gasteiger partial charge in [-0.15, -0.1) is 0 Å². The molecule has 0 amide bonds. The van der Waals surface area contributed by atoms with Gasteiger partial charge in [0.1, 0.15) is 0 Å². The third-order valence-electron chi connectivity index (χ3n) is 1.50. The van der Waals surface area contributed by atoms with Crippen LogP contribution in [0.4, 0.5) is 0 Å². The molecule has 0 spiro atoms. The van der Waals surface area contributed by atoms with Gasteiger partial charge in [0.15, 0.2) is 0 Å². The molecule has 0 radical (unpaired) electrons. The van der Waals surface area contributed by atoms with E-state index in [4.69, 9.17) is 9.62 Å². The zero-order valence-electron chi connectivity index (χ0n) is 11.2. The molecule has 0 aliphatic heterocycles. The molecule has 0 saturated carbocycles. The molecule has 0 aromatic carbocycles. The maximum absolute atomic E-state index is 11.1. The number of rotatable bonds is 7. The van der Waals surface area contributed by atoms with Crippen LogP contribution in [0.15, 0.2) is 12.2 Å². The second-order valence-corrected chi connectivity index (χ2v) is 4.52. The lowest BCUT2D eigenvalue weighted by molar-refractivity contribution is -0.513. The number of hydrogen-bond acceptors (Lipinski definition) is 6. The fourth-order valence-electron chi connectivity index (χ4n) is 0.682. The molecule has 0 heterocycles. The first-order valence-corrected chi connectivity index (χ1v) is 5.76. The van der Waals surface area contributed by atoms with E-state index in [1.54, 1.807) is 20.8 Å². The summed E-state index contributed by atoms with van der Waals surface area (Å²) in [6.07, 6.45) is 3.59. The Bertz CT molecular complexity index is 289.